The molecule has 0 spiro atoms. The number of halogens is 2. The molecule has 0 aliphatic carbocycles. The summed E-state index contributed by atoms with van der Waals surface area (Å²) >= 11 is 13.7. The summed E-state index contributed by atoms with van der Waals surface area (Å²) in [6.45, 7) is 1.65. The fourth-order valence-electron chi connectivity index (χ4n) is 2.74. The fourth-order valence-corrected chi connectivity index (χ4v) is 4.07. The zero-order valence-electron chi connectivity index (χ0n) is 15.9. The van der Waals surface area contributed by atoms with Gasteiger partial charge in [-0.15, -0.1) is 16.4 Å². The van der Waals surface area contributed by atoms with Gasteiger partial charge < -0.3 is 9.47 Å². The second kappa shape index (κ2) is 8.51. The van der Waals surface area contributed by atoms with Crippen molar-refractivity contribution < 1.29 is 14.3 Å². The van der Waals surface area contributed by atoms with Gasteiger partial charge in [0.15, 0.2) is 6.10 Å². The molecule has 4 rings (SSSR count). The lowest BCUT2D eigenvalue weighted by Gasteiger charge is -2.13. The number of fused-ring (bicyclic) bond motifs is 1. The number of amides is 1. The van der Waals surface area contributed by atoms with Gasteiger partial charge in [0.25, 0.3) is 11.9 Å². The number of anilines is 1. The lowest BCUT2D eigenvalue weighted by atomic mass is 10.2. The SMILES string of the molecule is COc1ccc(OC(C)C(=O)Nc2nc3scc(-c4ccc(Cl)cc4Cl)n3n2)cc1. The van der Waals surface area contributed by atoms with E-state index in [0.717, 1.165) is 11.3 Å². The summed E-state index contributed by atoms with van der Waals surface area (Å²) in [6, 6.07) is 12.2. The van der Waals surface area contributed by atoms with E-state index in [1.54, 1.807) is 54.9 Å². The number of ether oxygens (including phenoxy) is 2. The molecule has 0 aliphatic rings. The number of nitrogens with zero attached hydrogens (tertiary/aromatic N) is 3. The Kier molecular flexibility index (Phi) is 5.80. The van der Waals surface area contributed by atoms with Crippen LogP contribution in [0.1, 0.15) is 6.92 Å². The van der Waals surface area contributed by atoms with Gasteiger partial charge in [-0.3, -0.25) is 10.1 Å². The van der Waals surface area contributed by atoms with Crippen molar-refractivity contribution in [1.82, 2.24) is 14.6 Å². The van der Waals surface area contributed by atoms with Crippen molar-refractivity contribution in [3.63, 3.8) is 0 Å². The molecule has 10 heteroatoms. The monoisotopic (exact) mass is 462 g/mol. The van der Waals surface area contributed by atoms with E-state index < -0.39 is 6.10 Å². The highest BCUT2D eigenvalue weighted by atomic mass is 35.5. The molecule has 1 N–H and O–H groups in total. The van der Waals surface area contributed by atoms with Crippen LogP contribution >= 0.6 is 34.5 Å². The van der Waals surface area contributed by atoms with Gasteiger partial charge >= 0.3 is 0 Å². The van der Waals surface area contributed by atoms with Crippen LogP contribution in [0.5, 0.6) is 11.5 Å². The summed E-state index contributed by atoms with van der Waals surface area (Å²) in [4.78, 5) is 17.5. The molecule has 1 atom stereocenters. The number of aromatic nitrogens is 3. The highest BCUT2D eigenvalue weighted by Gasteiger charge is 2.19. The predicted octanol–water partition coefficient (Wildman–Crippen LogP) is 5.18. The summed E-state index contributed by atoms with van der Waals surface area (Å²) in [6.07, 6.45) is -0.745. The number of hydrogen-bond donors (Lipinski definition) is 1. The maximum absolute atomic E-state index is 12.5. The Hall–Kier alpha value is -2.81. The average Bonchev–Trinajstić information content (AvgIpc) is 3.29. The van der Waals surface area contributed by atoms with Crippen molar-refractivity contribution in [2.24, 2.45) is 0 Å². The molecule has 0 radical (unpaired) electrons. The van der Waals surface area contributed by atoms with Crippen LogP contribution in [0.15, 0.2) is 47.8 Å². The molecule has 0 fully saturated rings. The Morgan fingerprint density at radius 3 is 2.60 bits per heavy atom. The molecule has 1 amide bonds. The second-order valence-corrected chi connectivity index (χ2v) is 7.98. The summed E-state index contributed by atoms with van der Waals surface area (Å²) in [5.74, 6) is 1.08. The number of hydrogen-bond acceptors (Lipinski definition) is 6. The Morgan fingerprint density at radius 1 is 1.17 bits per heavy atom. The lowest BCUT2D eigenvalue weighted by molar-refractivity contribution is -0.122. The first-order valence-corrected chi connectivity index (χ1v) is 10.5. The summed E-state index contributed by atoms with van der Waals surface area (Å²) < 4.78 is 12.4. The van der Waals surface area contributed by atoms with Gasteiger partial charge in [0.05, 0.1) is 17.8 Å². The molecule has 4 aromatic rings. The molecule has 1 unspecified atom stereocenters. The van der Waals surface area contributed by atoms with Crippen LogP contribution in [0, 0.1) is 0 Å². The number of benzene rings is 2. The first-order valence-electron chi connectivity index (χ1n) is 8.86. The standard InChI is InChI=1S/C20H16Cl2N4O3S/c1-11(29-14-6-4-13(28-2)5-7-14)18(27)23-19-24-20-26(25-19)17(10-30-20)15-8-3-12(21)9-16(15)22/h3-11H,1-2H3,(H,23,25,27). The number of thiazole rings is 1. The molecule has 0 saturated heterocycles. The third kappa shape index (κ3) is 4.21. The van der Waals surface area contributed by atoms with Crippen LogP contribution in [0.3, 0.4) is 0 Å². The van der Waals surface area contributed by atoms with Gasteiger partial charge in [-0.1, -0.05) is 23.2 Å². The van der Waals surface area contributed by atoms with E-state index in [2.05, 4.69) is 15.4 Å². The largest absolute Gasteiger partial charge is 0.497 e. The molecule has 2 heterocycles. The molecule has 2 aromatic heterocycles. The van der Waals surface area contributed by atoms with Crippen molar-refractivity contribution in [2.45, 2.75) is 13.0 Å². The number of carbonyl (C=O) groups is 1. The minimum Gasteiger partial charge on any atom is -0.497 e. The van der Waals surface area contributed by atoms with Crippen LogP contribution in [0.2, 0.25) is 10.0 Å². The molecule has 2 aromatic carbocycles. The van der Waals surface area contributed by atoms with Gasteiger partial charge in [0.1, 0.15) is 11.5 Å². The number of methoxy groups -OCH3 is 1. The van der Waals surface area contributed by atoms with Crippen LogP contribution in [0.4, 0.5) is 5.95 Å². The Labute approximate surface area is 186 Å². The van der Waals surface area contributed by atoms with E-state index in [9.17, 15) is 4.79 Å². The number of nitrogens with one attached hydrogen (secondary N) is 1. The molecule has 0 bridgehead atoms. The Balaban J connectivity index is 1.49. The van der Waals surface area contributed by atoms with Crippen molar-refractivity contribution in [3.05, 3.63) is 57.9 Å². The third-order valence-electron chi connectivity index (χ3n) is 4.27. The molecule has 154 valence electrons. The molecule has 7 nitrogen and oxygen atoms in total. The zero-order valence-corrected chi connectivity index (χ0v) is 18.3. The Morgan fingerprint density at radius 2 is 1.90 bits per heavy atom. The van der Waals surface area contributed by atoms with E-state index in [4.69, 9.17) is 32.7 Å². The van der Waals surface area contributed by atoms with Crippen LogP contribution < -0.4 is 14.8 Å². The smallest absolute Gasteiger partial charge is 0.267 e. The van der Waals surface area contributed by atoms with Crippen molar-refractivity contribution in [1.29, 1.82) is 0 Å². The van der Waals surface area contributed by atoms with E-state index in [-0.39, 0.29) is 11.9 Å². The highest BCUT2D eigenvalue weighted by molar-refractivity contribution is 7.15. The maximum Gasteiger partial charge on any atom is 0.267 e. The van der Waals surface area contributed by atoms with Gasteiger partial charge in [0, 0.05) is 16.0 Å². The van der Waals surface area contributed by atoms with E-state index >= 15 is 0 Å². The van der Waals surface area contributed by atoms with E-state index in [1.807, 2.05) is 11.4 Å². The molecular weight excluding hydrogens is 447 g/mol. The maximum atomic E-state index is 12.5. The minimum atomic E-state index is -0.745. The van der Waals surface area contributed by atoms with Crippen LogP contribution in [-0.4, -0.2) is 33.7 Å². The molecular formula is C20H16Cl2N4O3S. The molecule has 0 saturated carbocycles. The van der Waals surface area contributed by atoms with E-state index in [1.165, 1.54) is 11.3 Å². The number of rotatable bonds is 6. The average molecular weight is 463 g/mol. The van der Waals surface area contributed by atoms with Gasteiger partial charge in [0.2, 0.25) is 4.96 Å². The first kappa shape index (κ1) is 20.5. The van der Waals surface area contributed by atoms with Gasteiger partial charge in [-0.25, -0.2) is 4.52 Å². The summed E-state index contributed by atoms with van der Waals surface area (Å²) in [5.41, 5.74) is 1.53. The minimum absolute atomic E-state index is 0.184. The second-order valence-electron chi connectivity index (χ2n) is 6.30. The summed E-state index contributed by atoms with van der Waals surface area (Å²) in [5, 5.41) is 10.0. The quantitative estimate of drug-likeness (QED) is 0.427. The van der Waals surface area contributed by atoms with E-state index in [0.29, 0.717) is 26.5 Å². The molecule has 30 heavy (non-hydrogen) atoms. The topological polar surface area (TPSA) is 77.8 Å². The number of carbonyl (C=O) groups excluding carboxylic acids is 1. The van der Waals surface area contributed by atoms with Crippen LogP contribution in [-0.2, 0) is 4.79 Å². The van der Waals surface area contributed by atoms with Crippen molar-refractivity contribution in [3.8, 4) is 22.8 Å². The first-order chi connectivity index (χ1) is 14.4. The normalized spacial score (nSPS) is 12.0. The third-order valence-corrected chi connectivity index (χ3v) is 5.63. The Bertz CT molecular complexity index is 1210. The van der Waals surface area contributed by atoms with Crippen molar-refractivity contribution >= 4 is 51.4 Å². The molecule has 0 aliphatic heterocycles. The lowest BCUT2D eigenvalue weighted by Crippen LogP contribution is -2.30. The fraction of sp³-hybridized carbons (Fsp3) is 0.150. The summed E-state index contributed by atoms with van der Waals surface area (Å²) in [7, 11) is 1.58. The predicted molar refractivity (Wildman–Crippen MR) is 118 cm³/mol. The van der Waals surface area contributed by atoms with Gasteiger partial charge in [-0.05, 0) is 49.4 Å². The highest BCUT2D eigenvalue weighted by Crippen LogP contribution is 2.33. The van der Waals surface area contributed by atoms with Gasteiger partial charge in [-0.2, -0.15) is 4.98 Å². The zero-order chi connectivity index (χ0) is 21.3. The van der Waals surface area contributed by atoms with Crippen LogP contribution in [0.25, 0.3) is 16.2 Å². The van der Waals surface area contributed by atoms with Crippen molar-refractivity contribution in [2.75, 3.05) is 12.4 Å².